The first kappa shape index (κ1) is 41.3. The van der Waals surface area contributed by atoms with Crippen LogP contribution in [0.2, 0.25) is 0 Å². The van der Waals surface area contributed by atoms with Crippen LogP contribution in [0.25, 0.3) is 94.7 Å². The first-order chi connectivity index (χ1) is 33.3. The molecule has 0 N–H and O–H groups in total. The number of nitrogens with zero attached hydrogens (tertiary/aromatic N) is 6. The van der Waals surface area contributed by atoms with Gasteiger partial charge in [0.2, 0.25) is 0 Å². The van der Waals surface area contributed by atoms with E-state index in [1.807, 2.05) is 36.4 Å². The van der Waals surface area contributed by atoms with Gasteiger partial charge in [0, 0.05) is 33.2 Å². The molecule has 2 heterocycles. The summed E-state index contributed by atoms with van der Waals surface area (Å²) in [6.45, 7) is 4.93. The SMILES string of the molecule is C[C@@H]1CC2C[C@H](C)CC(c3ccc(-c4ccc(-n5c6ccccc6c6c(-c7nc(-c8ccc(C#N)cc8)nc(-c8ccc9ccc(-c%10ccc(C#N)cc%10)cc9c8)n7)cccc65)cc4)cc3)(C2)C1. The third kappa shape index (κ3) is 7.31. The van der Waals surface area contributed by atoms with Crippen LogP contribution in [-0.2, 0) is 5.41 Å². The zero-order valence-electron chi connectivity index (χ0n) is 38.2. The van der Waals surface area contributed by atoms with Crippen molar-refractivity contribution in [2.24, 2.45) is 17.8 Å². The highest BCUT2D eigenvalue weighted by molar-refractivity contribution is 6.15. The van der Waals surface area contributed by atoms with Crippen molar-refractivity contribution in [2.45, 2.75) is 51.4 Å². The molecule has 2 aliphatic rings. The van der Waals surface area contributed by atoms with Crippen molar-refractivity contribution < 1.29 is 0 Å². The third-order valence-electron chi connectivity index (χ3n) is 14.9. The zero-order chi connectivity index (χ0) is 45.9. The molecule has 2 unspecified atom stereocenters. The number of hydrogen-bond donors (Lipinski definition) is 0. The molecule has 2 saturated carbocycles. The molecular weight excluding hydrogens is 829 g/mol. The molecule has 0 saturated heterocycles. The van der Waals surface area contributed by atoms with Crippen molar-refractivity contribution in [1.29, 1.82) is 10.5 Å². The van der Waals surface area contributed by atoms with Gasteiger partial charge in [-0.15, -0.1) is 0 Å². The van der Waals surface area contributed by atoms with E-state index in [1.165, 1.54) is 48.8 Å². The van der Waals surface area contributed by atoms with Gasteiger partial charge in [-0.05, 0) is 167 Å². The van der Waals surface area contributed by atoms with Crippen LogP contribution in [-0.4, -0.2) is 19.5 Å². The van der Waals surface area contributed by atoms with E-state index in [0.29, 0.717) is 34.0 Å². The Labute approximate surface area is 396 Å². The molecule has 0 spiro atoms. The van der Waals surface area contributed by atoms with Gasteiger partial charge in [-0.2, -0.15) is 10.5 Å². The van der Waals surface area contributed by atoms with E-state index in [2.05, 4.69) is 158 Å². The van der Waals surface area contributed by atoms with Crippen molar-refractivity contribution in [1.82, 2.24) is 19.5 Å². The molecule has 2 fully saturated rings. The predicted octanol–water partition coefficient (Wildman–Crippen LogP) is 15.3. The average molecular weight is 877 g/mol. The number of rotatable bonds is 7. The highest BCUT2D eigenvalue weighted by Gasteiger charge is 2.45. The second-order valence-electron chi connectivity index (χ2n) is 19.6. The largest absolute Gasteiger partial charge is 0.309 e. The lowest BCUT2D eigenvalue weighted by atomic mass is 9.54. The fourth-order valence-electron chi connectivity index (χ4n) is 12.1. The Morgan fingerprint density at radius 1 is 0.485 bits per heavy atom. The number of benzene rings is 8. The Balaban J connectivity index is 0.942. The van der Waals surface area contributed by atoms with E-state index in [4.69, 9.17) is 15.0 Å². The minimum absolute atomic E-state index is 0.321. The lowest BCUT2D eigenvalue weighted by Crippen LogP contribution is -2.42. The fraction of sp³-hybridized carbons (Fsp3) is 0.177. The van der Waals surface area contributed by atoms with Gasteiger partial charge in [0.05, 0.1) is 34.3 Å². The molecule has 0 radical (unpaired) electrons. The first-order valence-corrected chi connectivity index (χ1v) is 23.9. The van der Waals surface area contributed by atoms with E-state index in [0.717, 1.165) is 83.8 Å². The molecule has 0 amide bonds. The average Bonchev–Trinajstić information content (AvgIpc) is 3.72. The normalized spacial score (nSPS) is 18.9. The smallest absolute Gasteiger partial charge is 0.164 e. The summed E-state index contributed by atoms with van der Waals surface area (Å²) in [5, 5.41) is 23.3. The number of para-hydroxylation sites is 1. The van der Waals surface area contributed by atoms with Gasteiger partial charge in [0.15, 0.2) is 17.5 Å². The van der Waals surface area contributed by atoms with Gasteiger partial charge in [-0.3, -0.25) is 0 Å². The maximum Gasteiger partial charge on any atom is 0.164 e. The molecule has 2 aliphatic carbocycles. The first-order valence-electron chi connectivity index (χ1n) is 23.9. The molecule has 12 rings (SSSR count). The highest BCUT2D eigenvalue weighted by atomic mass is 15.0. The predicted molar refractivity (Wildman–Crippen MR) is 275 cm³/mol. The Kier molecular flexibility index (Phi) is 10.1. The lowest BCUT2D eigenvalue weighted by Gasteiger charge is -2.50. The van der Waals surface area contributed by atoms with Crippen molar-refractivity contribution in [3.63, 3.8) is 0 Å². The van der Waals surface area contributed by atoms with Gasteiger partial charge in [-0.25, -0.2) is 15.0 Å². The summed E-state index contributed by atoms with van der Waals surface area (Å²) < 4.78 is 2.35. The number of aromatic nitrogens is 4. The second-order valence-corrected chi connectivity index (χ2v) is 19.6. The van der Waals surface area contributed by atoms with Crippen molar-refractivity contribution in [3.8, 4) is 74.2 Å². The van der Waals surface area contributed by atoms with E-state index >= 15 is 0 Å². The summed E-state index contributed by atoms with van der Waals surface area (Å²) in [5.41, 5.74) is 13.4. The molecule has 2 aromatic heterocycles. The number of fused-ring (bicyclic) bond motifs is 6. The van der Waals surface area contributed by atoms with Crippen LogP contribution in [0.3, 0.4) is 0 Å². The molecule has 2 bridgehead atoms. The van der Waals surface area contributed by atoms with Crippen molar-refractivity contribution in [2.75, 3.05) is 0 Å². The van der Waals surface area contributed by atoms with E-state index in [-0.39, 0.29) is 0 Å². The Bertz CT molecular complexity index is 3630. The molecule has 8 aromatic carbocycles. The van der Waals surface area contributed by atoms with Gasteiger partial charge >= 0.3 is 0 Å². The van der Waals surface area contributed by atoms with Gasteiger partial charge in [-0.1, -0.05) is 117 Å². The van der Waals surface area contributed by atoms with Gasteiger partial charge in [0.25, 0.3) is 0 Å². The Hall–Kier alpha value is -8.19. The minimum atomic E-state index is 0.321. The second kappa shape index (κ2) is 16.6. The molecule has 6 heteroatoms. The molecule has 68 heavy (non-hydrogen) atoms. The topological polar surface area (TPSA) is 91.2 Å². The van der Waals surface area contributed by atoms with Crippen LogP contribution in [0, 0.1) is 40.4 Å². The third-order valence-corrected chi connectivity index (χ3v) is 14.9. The summed E-state index contributed by atoms with van der Waals surface area (Å²) in [6.07, 6.45) is 6.74. The molecule has 10 aromatic rings. The van der Waals surface area contributed by atoms with Crippen LogP contribution < -0.4 is 0 Å². The number of hydrogen-bond acceptors (Lipinski definition) is 5. The van der Waals surface area contributed by atoms with Crippen molar-refractivity contribution >= 4 is 32.6 Å². The quantitative estimate of drug-likeness (QED) is 0.159. The van der Waals surface area contributed by atoms with Crippen LogP contribution in [0.15, 0.2) is 176 Å². The van der Waals surface area contributed by atoms with Gasteiger partial charge < -0.3 is 4.57 Å². The van der Waals surface area contributed by atoms with Crippen molar-refractivity contribution in [3.05, 3.63) is 193 Å². The summed E-state index contributed by atoms with van der Waals surface area (Å²) >= 11 is 0. The van der Waals surface area contributed by atoms with Crippen LogP contribution in [0.1, 0.15) is 62.6 Å². The maximum absolute atomic E-state index is 9.61. The van der Waals surface area contributed by atoms with E-state index < -0.39 is 0 Å². The lowest BCUT2D eigenvalue weighted by molar-refractivity contribution is 0.0780. The fourth-order valence-corrected chi connectivity index (χ4v) is 12.1. The summed E-state index contributed by atoms with van der Waals surface area (Å²) in [5.74, 6) is 4.08. The van der Waals surface area contributed by atoms with Crippen LogP contribution >= 0.6 is 0 Å². The molecule has 6 nitrogen and oxygen atoms in total. The van der Waals surface area contributed by atoms with E-state index in [9.17, 15) is 10.5 Å². The van der Waals surface area contributed by atoms with E-state index in [1.54, 1.807) is 12.1 Å². The monoisotopic (exact) mass is 876 g/mol. The number of nitriles is 2. The van der Waals surface area contributed by atoms with Crippen LogP contribution in [0.4, 0.5) is 0 Å². The molecule has 326 valence electrons. The minimum Gasteiger partial charge on any atom is -0.309 e. The highest BCUT2D eigenvalue weighted by Crippen LogP contribution is 2.54. The summed E-state index contributed by atoms with van der Waals surface area (Å²) in [7, 11) is 0. The molecule has 4 atom stereocenters. The summed E-state index contributed by atoms with van der Waals surface area (Å²) in [6, 6.07) is 65.8. The maximum atomic E-state index is 9.61. The molecule has 0 aliphatic heterocycles. The standard InChI is InChI=1S/C62H48N6/c1-39-30-43-31-40(2)35-62(34-39,36-43)52-26-22-44(23-27-52)45-24-28-53(29-25-45)68-56-8-4-3-6-54(56)58-55(7-5-9-57(58)68)61-66-59(48-16-12-42(38-64)13-17-48)65-60(67-61)50-21-19-47-18-20-49(32-51(47)33-50)46-14-10-41(37-63)11-15-46/h3-29,32-33,39-40,43H,30-31,34-36H2,1-2H3/t39-,40+,43?,62?. The van der Waals surface area contributed by atoms with Gasteiger partial charge in [0.1, 0.15) is 0 Å². The van der Waals surface area contributed by atoms with Crippen LogP contribution in [0.5, 0.6) is 0 Å². The zero-order valence-corrected chi connectivity index (χ0v) is 38.2. The molecular formula is C62H48N6. The summed E-state index contributed by atoms with van der Waals surface area (Å²) in [4.78, 5) is 15.6. The Morgan fingerprint density at radius 2 is 1.01 bits per heavy atom. The Morgan fingerprint density at radius 3 is 1.69 bits per heavy atom.